The van der Waals surface area contributed by atoms with Crippen LogP contribution >= 0.6 is 0 Å². The van der Waals surface area contributed by atoms with Crippen molar-refractivity contribution in [3.63, 3.8) is 0 Å². The molecule has 0 spiro atoms. The molecule has 0 aliphatic carbocycles. The largest absolute Gasteiger partial charge is 0.489 e. The van der Waals surface area contributed by atoms with E-state index in [2.05, 4.69) is 24.4 Å². The van der Waals surface area contributed by atoms with E-state index in [1.54, 1.807) is 6.92 Å². The molecule has 0 fully saturated rings. The molecule has 4 rings (SSSR count). The highest BCUT2D eigenvalue weighted by Crippen LogP contribution is 2.34. The van der Waals surface area contributed by atoms with Gasteiger partial charge in [-0.2, -0.15) is 0 Å². The van der Waals surface area contributed by atoms with Gasteiger partial charge in [-0.15, -0.1) is 0 Å². The lowest BCUT2D eigenvalue weighted by Crippen LogP contribution is -2.32. The highest BCUT2D eigenvalue weighted by Gasteiger charge is 2.17. The van der Waals surface area contributed by atoms with Crippen LogP contribution in [-0.4, -0.2) is 24.3 Å². The molecular formula is C34H39NO6. The number of aryl methyl sites for hydroxylation is 2. The first kappa shape index (κ1) is 29.7. The monoisotopic (exact) mass is 557 g/mol. The van der Waals surface area contributed by atoms with E-state index in [1.165, 1.54) is 0 Å². The van der Waals surface area contributed by atoms with Gasteiger partial charge in [-0.3, -0.25) is 4.79 Å². The molecule has 3 aromatic carbocycles. The summed E-state index contributed by atoms with van der Waals surface area (Å²) in [5.41, 5.74) is 5.96. The van der Waals surface area contributed by atoms with Gasteiger partial charge in [0.05, 0.1) is 13.0 Å². The summed E-state index contributed by atoms with van der Waals surface area (Å²) >= 11 is 0. The van der Waals surface area contributed by atoms with E-state index >= 15 is 0 Å². The van der Waals surface area contributed by atoms with E-state index in [9.17, 15) is 9.59 Å². The molecule has 0 aliphatic heterocycles. The third kappa shape index (κ3) is 8.13. The smallest absolute Gasteiger partial charge is 0.407 e. The summed E-state index contributed by atoms with van der Waals surface area (Å²) in [6.45, 7) is 12.3. The Bertz CT molecular complexity index is 1530. The number of benzene rings is 3. The Kier molecular flexibility index (Phi) is 9.38. The van der Waals surface area contributed by atoms with Gasteiger partial charge in [0.25, 0.3) is 0 Å². The number of alkyl carbamates (subject to hydrolysis) is 1. The Balaban J connectivity index is 1.60. The summed E-state index contributed by atoms with van der Waals surface area (Å²) < 4.78 is 22.9. The fraction of sp³-hybridized carbons (Fsp3) is 0.353. The fourth-order valence-corrected chi connectivity index (χ4v) is 4.61. The van der Waals surface area contributed by atoms with Crippen LogP contribution in [0.4, 0.5) is 4.79 Å². The zero-order chi connectivity index (χ0) is 29.6. The number of nitrogens with one attached hydrogen (secondary N) is 1. The van der Waals surface area contributed by atoms with E-state index in [-0.39, 0.29) is 12.4 Å². The first-order valence-corrected chi connectivity index (χ1v) is 14.0. The molecule has 41 heavy (non-hydrogen) atoms. The van der Waals surface area contributed by atoms with Crippen LogP contribution in [0.2, 0.25) is 0 Å². The fourth-order valence-electron chi connectivity index (χ4n) is 4.61. The van der Waals surface area contributed by atoms with Crippen molar-refractivity contribution >= 4 is 23.0 Å². The minimum atomic E-state index is -0.561. The summed E-state index contributed by atoms with van der Waals surface area (Å²) in [6, 6.07) is 20.1. The maximum atomic E-state index is 12.2. The normalized spacial score (nSPS) is 11.4. The van der Waals surface area contributed by atoms with Crippen LogP contribution in [0.5, 0.6) is 5.75 Å². The molecule has 1 aromatic heterocycles. The molecule has 0 aliphatic rings. The summed E-state index contributed by atoms with van der Waals surface area (Å²) in [7, 11) is 0. The maximum Gasteiger partial charge on any atom is 0.407 e. The van der Waals surface area contributed by atoms with Gasteiger partial charge in [-0.25, -0.2) is 4.79 Å². The number of amides is 1. The predicted molar refractivity (Wildman–Crippen MR) is 160 cm³/mol. The molecule has 0 bridgehead atoms. The quantitative estimate of drug-likeness (QED) is 0.201. The van der Waals surface area contributed by atoms with Crippen LogP contribution in [0.3, 0.4) is 0 Å². The number of furan rings is 1. The van der Waals surface area contributed by atoms with Crippen LogP contribution < -0.4 is 10.1 Å². The third-order valence-corrected chi connectivity index (χ3v) is 6.45. The summed E-state index contributed by atoms with van der Waals surface area (Å²) in [5, 5.41) is 3.80. The molecule has 0 saturated carbocycles. The van der Waals surface area contributed by atoms with Gasteiger partial charge < -0.3 is 23.9 Å². The second-order valence-electron chi connectivity index (χ2n) is 11.0. The van der Waals surface area contributed by atoms with Crippen molar-refractivity contribution in [2.24, 2.45) is 0 Å². The van der Waals surface area contributed by atoms with Crippen LogP contribution in [0.15, 0.2) is 65.1 Å². The minimum absolute atomic E-state index is 0.155. The number of carbonyl (C=O) groups is 2. The second kappa shape index (κ2) is 12.9. The molecule has 1 N–H and O–H groups in total. The Morgan fingerprint density at radius 2 is 1.73 bits per heavy atom. The number of rotatable bonds is 10. The molecule has 1 amide bonds. The number of carbonyl (C=O) groups excluding carboxylic acids is 2. The SMILES string of the molecule is CCOC(=O)Cc1ccc(CC)cc1OCc1cc(-c2cccc(CNC(=O)OC(C)(C)C)c2)c2oc(C)cc2c1. The number of esters is 1. The molecular weight excluding hydrogens is 518 g/mol. The van der Waals surface area contributed by atoms with Crippen LogP contribution in [0, 0.1) is 6.92 Å². The Morgan fingerprint density at radius 3 is 2.46 bits per heavy atom. The predicted octanol–water partition coefficient (Wildman–Crippen LogP) is 7.68. The molecule has 216 valence electrons. The van der Waals surface area contributed by atoms with Crippen molar-refractivity contribution in [1.82, 2.24) is 5.32 Å². The Labute approximate surface area is 241 Å². The molecule has 7 heteroatoms. The van der Waals surface area contributed by atoms with Crippen LogP contribution in [-0.2, 0) is 40.3 Å². The van der Waals surface area contributed by atoms with Crippen molar-refractivity contribution in [3.8, 4) is 16.9 Å². The van der Waals surface area contributed by atoms with E-state index in [0.29, 0.717) is 25.5 Å². The Morgan fingerprint density at radius 1 is 0.927 bits per heavy atom. The number of hydrogen-bond donors (Lipinski definition) is 1. The van der Waals surface area contributed by atoms with Gasteiger partial charge in [-0.05, 0) is 93.6 Å². The van der Waals surface area contributed by atoms with Crippen molar-refractivity contribution < 1.29 is 28.2 Å². The summed E-state index contributed by atoms with van der Waals surface area (Å²) in [6.07, 6.45) is 0.558. The average Bonchev–Trinajstić information content (AvgIpc) is 3.30. The van der Waals surface area contributed by atoms with Crippen LogP contribution in [0.1, 0.15) is 62.6 Å². The Hall–Kier alpha value is -4.26. The number of fused-ring (bicyclic) bond motifs is 1. The van der Waals surface area contributed by atoms with Gasteiger partial charge in [0, 0.05) is 23.1 Å². The zero-order valence-corrected chi connectivity index (χ0v) is 24.8. The lowest BCUT2D eigenvalue weighted by atomic mass is 9.99. The van der Waals surface area contributed by atoms with Gasteiger partial charge in [0.1, 0.15) is 29.3 Å². The number of hydrogen-bond acceptors (Lipinski definition) is 6. The first-order chi connectivity index (χ1) is 19.5. The van der Waals surface area contributed by atoms with Gasteiger partial charge in [-0.1, -0.05) is 37.3 Å². The van der Waals surface area contributed by atoms with E-state index in [4.69, 9.17) is 18.6 Å². The topological polar surface area (TPSA) is 87.0 Å². The lowest BCUT2D eigenvalue weighted by Gasteiger charge is -2.19. The zero-order valence-electron chi connectivity index (χ0n) is 24.8. The lowest BCUT2D eigenvalue weighted by molar-refractivity contribution is -0.142. The van der Waals surface area contributed by atoms with Crippen LogP contribution in [0.25, 0.3) is 22.1 Å². The summed E-state index contributed by atoms with van der Waals surface area (Å²) in [4.78, 5) is 24.4. The van der Waals surface area contributed by atoms with E-state index in [0.717, 1.165) is 56.5 Å². The van der Waals surface area contributed by atoms with E-state index < -0.39 is 11.7 Å². The van der Waals surface area contributed by atoms with Crippen molar-refractivity contribution in [3.05, 3.63) is 88.7 Å². The van der Waals surface area contributed by atoms with Crippen molar-refractivity contribution in [2.45, 2.75) is 73.1 Å². The molecule has 0 radical (unpaired) electrons. The average molecular weight is 558 g/mol. The highest BCUT2D eigenvalue weighted by atomic mass is 16.6. The summed E-state index contributed by atoms with van der Waals surface area (Å²) in [5.74, 6) is 1.22. The molecule has 1 heterocycles. The second-order valence-corrected chi connectivity index (χ2v) is 11.0. The standard InChI is InChI=1S/C34H39NO6/c1-7-23-12-13-27(19-31(36)38-8-2)30(18-23)39-21-25-16-28-14-22(3)40-32(28)29(17-25)26-11-9-10-24(15-26)20-35-33(37)41-34(4,5)6/h9-18H,7-8,19-21H2,1-6H3,(H,35,37). The third-order valence-electron chi connectivity index (χ3n) is 6.45. The molecule has 0 atom stereocenters. The maximum absolute atomic E-state index is 12.2. The first-order valence-electron chi connectivity index (χ1n) is 14.0. The molecule has 0 unspecified atom stereocenters. The number of ether oxygens (including phenoxy) is 3. The highest BCUT2D eigenvalue weighted by molar-refractivity contribution is 5.93. The van der Waals surface area contributed by atoms with Gasteiger partial charge in [0.2, 0.25) is 0 Å². The molecule has 4 aromatic rings. The van der Waals surface area contributed by atoms with Gasteiger partial charge in [0.15, 0.2) is 0 Å². The minimum Gasteiger partial charge on any atom is -0.489 e. The van der Waals surface area contributed by atoms with Crippen molar-refractivity contribution in [2.75, 3.05) is 6.61 Å². The molecule has 7 nitrogen and oxygen atoms in total. The van der Waals surface area contributed by atoms with E-state index in [1.807, 2.05) is 76.2 Å². The van der Waals surface area contributed by atoms with Gasteiger partial charge >= 0.3 is 12.1 Å². The van der Waals surface area contributed by atoms with Crippen molar-refractivity contribution in [1.29, 1.82) is 0 Å². The molecule has 0 saturated heterocycles.